The van der Waals surface area contributed by atoms with Crippen molar-refractivity contribution in [1.29, 1.82) is 0 Å². The van der Waals surface area contributed by atoms with Gasteiger partial charge in [-0.3, -0.25) is 9.47 Å². The lowest BCUT2D eigenvalue weighted by Crippen LogP contribution is -2.45. The molecule has 0 N–H and O–H groups in total. The number of unbranched alkanes of at least 4 members (excludes halogenated alkanes) is 2. The van der Waals surface area contributed by atoms with Crippen molar-refractivity contribution in [2.75, 3.05) is 6.54 Å². The number of piperidine rings is 1. The van der Waals surface area contributed by atoms with Gasteiger partial charge in [-0.2, -0.15) is 4.98 Å². The Labute approximate surface area is 201 Å². The standard InChI is InChI=1S/C27H38N4O3/c1-20-9-3-4-10-21(20)19-34-24-17-22-12-13-23(18-24)29(22)14-6-2-7-16-31-26(32)28-25-11-5-8-15-30(25)27(31)33/h3-4,9-10,22-24H,2,5-8,11-19H2,1H3. The molecule has 0 amide bonds. The van der Waals surface area contributed by atoms with Gasteiger partial charge in [0.1, 0.15) is 5.82 Å². The minimum absolute atomic E-state index is 0.166. The molecule has 0 saturated carbocycles. The number of benzene rings is 1. The Balaban J connectivity index is 1.07. The first-order valence-electron chi connectivity index (χ1n) is 13.2. The molecule has 0 aliphatic carbocycles. The zero-order valence-electron chi connectivity index (χ0n) is 20.5. The Hall–Kier alpha value is -2.25. The molecule has 2 bridgehead atoms. The van der Waals surface area contributed by atoms with Gasteiger partial charge in [0.2, 0.25) is 0 Å². The number of fused-ring (bicyclic) bond motifs is 3. The van der Waals surface area contributed by atoms with Crippen LogP contribution >= 0.6 is 0 Å². The summed E-state index contributed by atoms with van der Waals surface area (Å²) < 4.78 is 9.38. The third-order valence-electron chi connectivity index (χ3n) is 8.14. The lowest BCUT2D eigenvalue weighted by Gasteiger charge is -2.39. The van der Waals surface area contributed by atoms with E-state index in [0.29, 0.717) is 43.7 Å². The van der Waals surface area contributed by atoms with Gasteiger partial charge in [-0.15, -0.1) is 0 Å². The molecule has 5 rings (SSSR count). The molecule has 4 heterocycles. The highest BCUT2D eigenvalue weighted by Gasteiger charge is 2.40. The summed E-state index contributed by atoms with van der Waals surface area (Å²) in [4.78, 5) is 31.9. The fourth-order valence-corrected chi connectivity index (χ4v) is 6.18. The summed E-state index contributed by atoms with van der Waals surface area (Å²) in [5, 5.41) is 0. The van der Waals surface area contributed by atoms with Crippen molar-refractivity contribution in [3.8, 4) is 0 Å². The Morgan fingerprint density at radius 1 is 1.00 bits per heavy atom. The van der Waals surface area contributed by atoms with Gasteiger partial charge in [0.25, 0.3) is 0 Å². The van der Waals surface area contributed by atoms with Crippen molar-refractivity contribution in [1.82, 2.24) is 19.0 Å². The Bertz CT molecular complexity index is 1090. The van der Waals surface area contributed by atoms with Crippen LogP contribution < -0.4 is 11.4 Å². The lowest BCUT2D eigenvalue weighted by molar-refractivity contribution is -0.0286. The first kappa shape index (κ1) is 23.5. The van der Waals surface area contributed by atoms with E-state index in [0.717, 1.165) is 57.9 Å². The van der Waals surface area contributed by atoms with Gasteiger partial charge < -0.3 is 4.74 Å². The molecular weight excluding hydrogens is 428 g/mol. The summed E-state index contributed by atoms with van der Waals surface area (Å²) in [5.74, 6) is 0.666. The van der Waals surface area contributed by atoms with Crippen LogP contribution in [0.5, 0.6) is 0 Å². The normalized spacial score (nSPS) is 24.3. The van der Waals surface area contributed by atoms with Gasteiger partial charge in [-0.25, -0.2) is 14.2 Å². The second kappa shape index (κ2) is 10.6. The average molecular weight is 467 g/mol. The molecule has 2 aromatic rings. The molecule has 34 heavy (non-hydrogen) atoms. The number of nitrogens with zero attached hydrogens (tertiary/aromatic N) is 4. The molecule has 0 spiro atoms. The van der Waals surface area contributed by atoms with Crippen molar-refractivity contribution < 1.29 is 4.74 Å². The lowest BCUT2D eigenvalue weighted by atomic mass is 9.99. The Morgan fingerprint density at radius 3 is 2.56 bits per heavy atom. The van der Waals surface area contributed by atoms with Crippen molar-refractivity contribution >= 4 is 0 Å². The molecule has 3 aliphatic rings. The van der Waals surface area contributed by atoms with Crippen LogP contribution in [0.2, 0.25) is 0 Å². The SMILES string of the molecule is Cc1ccccc1COC1CC2CCC(C1)N2CCCCCn1c(=O)nc2n(c1=O)CCCC2. The van der Waals surface area contributed by atoms with E-state index in [-0.39, 0.29) is 11.4 Å². The molecule has 7 nitrogen and oxygen atoms in total. The number of rotatable bonds is 9. The Morgan fingerprint density at radius 2 is 1.76 bits per heavy atom. The summed E-state index contributed by atoms with van der Waals surface area (Å²) in [6.07, 6.45) is 10.9. The second-order valence-electron chi connectivity index (χ2n) is 10.4. The zero-order valence-corrected chi connectivity index (χ0v) is 20.5. The molecule has 7 heteroatoms. The molecule has 1 aromatic heterocycles. The molecule has 1 aromatic carbocycles. The highest BCUT2D eigenvalue weighted by Crippen LogP contribution is 2.37. The van der Waals surface area contributed by atoms with E-state index in [1.165, 1.54) is 28.5 Å². The number of aryl methyl sites for hydroxylation is 2. The summed E-state index contributed by atoms with van der Waals surface area (Å²) in [6, 6.07) is 9.77. The summed E-state index contributed by atoms with van der Waals surface area (Å²) >= 11 is 0. The monoisotopic (exact) mass is 466 g/mol. The largest absolute Gasteiger partial charge is 0.373 e. The second-order valence-corrected chi connectivity index (χ2v) is 10.4. The van der Waals surface area contributed by atoms with Crippen LogP contribution in [0.1, 0.15) is 74.7 Å². The predicted molar refractivity (Wildman–Crippen MR) is 132 cm³/mol. The molecule has 2 unspecified atom stereocenters. The van der Waals surface area contributed by atoms with Crippen molar-refractivity contribution in [3.63, 3.8) is 0 Å². The van der Waals surface area contributed by atoms with Crippen LogP contribution in [-0.2, 0) is 30.9 Å². The molecule has 184 valence electrons. The van der Waals surface area contributed by atoms with Crippen LogP contribution in [0.3, 0.4) is 0 Å². The maximum absolute atomic E-state index is 12.7. The van der Waals surface area contributed by atoms with E-state index in [1.54, 1.807) is 4.57 Å². The average Bonchev–Trinajstić information content (AvgIpc) is 3.07. The van der Waals surface area contributed by atoms with Gasteiger partial charge in [-0.1, -0.05) is 30.7 Å². The molecule has 3 aliphatic heterocycles. The fourth-order valence-electron chi connectivity index (χ4n) is 6.18. The Kier molecular flexibility index (Phi) is 7.30. The first-order chi connectivity index (χ1) is 16.6. The summed E-state index contributed by atoms with van der Waals surface area (Å²) in [5.41, 5.74) is 2.06. The molecular formula is C27H38N4O3. The highest BCUT2D eigenvalue weighted by molar-refractivity contribution is 5.24. The van der Waals surface area contributed by atoms with Crippen LogP contribution in [0.25, 0.3) is 0 Å². The minimum atomic E-state index is -0.371. The quantitative estimate of drug-likeness (QED) is 0.530. The molecule has 2 saturated heterocycles. The maximum Gasteiger partial charge on any atom is 0.353 e. The number of aromatic nitrogens is 3. The van der Waals surface area contributed by atoms with E-state index in [9.17, 15) is 9.59 Å². The third kappa shape index (κ3) is 5.05. The molecule has 2 atom stereocenters. The van der Waals surface area contributed by atoms with E-state index < -0.39 is 0 Å². The van der Waals surface area contributed by atoms with E-state index in [4.69, 9.17) is 4.74 Å². The minimum Gasteiger partial charge on any atom is -0.373 e. The molecule has 0 radical (unpaired) electrons. The van der Waals surface area contributed by atoms with Gasteiger partial charge in [0.05, 0.1) is 12.7 Å². The van der Waals surface area contributed by atoms with Gasteiger partial charge >= 0.3 is 11.4 Å². The van der Waals surface area contributed by atoms with Crippen molar-refractivity contribution in [2.45, 2.75) is 109 Å². The van der Waals surface area contributed by atoms with Crippen molar-refractivity contribution in [3.05, 3.63) is 62.2 Å². The summed E-state index contributed by atoms with van der Waals surface area (Å²) in [6.45, 7) is 5.14. The van der Waals surface area contributed by atoms with E-state index in [2.05, 4.69) is 41.1 Å². The number of hydrogen-bond acceptors (Lipinski definition) is 5. The van der Waals surface area contributed by atoms with Crippen LogP contribution in [0.4, 0.5) is 0 Å². The topological polar surface area (TPSA) is 69.4 Å². The van der Waals surface area contributed by atoms with Crippen LogP contribution in [0.15, 0.2) is 33.9 Å². The van der Waals surface area contributed by atoms with Gasteiger partial charge in [-0.05, 0) is 76.0 Å². The smallest absolute Gasteiger partial charge is 0.353 e. The first-order valence-corrected chi connectivity index (χ1v) is 13.2. The molecule has 2 fully saturated rings. The van der Waals surface area contributed by atoms with Gasteiger partial charge in [0.15, 0.2) is 0 Å². The van der Waals surface area contributed by atoms with E-state index >= 15 is 0 Å². The predicted octanol–water partition coefficient (Wildman–Crippen LogP) is 3.43. The van der Waals surface area contributed by atoms with E-state index in [1.807, 2.05) is 0 Å². The maximum atomic E-state index is 12.7. The van der Waals surface area contributed by atoms with Crippen LogP contribution in [0, 0.1) is 6.92 Å². The van der Waals surface area contributed by atoms with Crippen LogP contribution in [-0.4, -0.2) is 43.8 Å². The zero-order chi connectivity index (χ0) is 23.5. The number of hydrogen-bond donors (Lipinski definition) is 0. The fraction of sp³-hybridized carbons (Fsp3) is 0.667. The number of ether oxygens (including phenoxy) is 1. The van der Waals surface area contributed by atoms with Gasteiger partial charge in [0, 0.05) is 31.6 Å². The third-order valence-corrected chi connectivity index (χ3v) is 8.14. The summed E-state index contributed by atoms with van der Waals surface area (Å²) in [7, 11) is 0. The van der Waals surface area contributed by atoms with Crippen molar-refractivity contribution in [2.24, 2.45) is 0 Å². The highest BCUT2D eigenvalue weighted by atomic mass is 16.5.